The lowest BCUT2D eigenvalue weighted by atomic mass is 10.1. The zero-order valence-electron chi connectivity index (χ0n) is 11.2. The van der Waals surface area contributed by atoms with Crippen LogP contribution >= 0.6 is 11.6 Å². The van der Waals surface area contributed by atoms with Gasteiger partial charge < -0.3 is 9.84 Å². The standard InChI is InChI=1S/C16H12ClNO3/c1-21-12-3-4-13-10(8-12)6-7-18(16(13)20)11-2-5-15(19)14(17)9-11/h2-9,19H,1H3. The van der Waals surface area contributed by atoms with Gasteiger partial charge in [0, 0.05) is 11.6 Å². The number of benzene rings is 2. The zero-order valence-corrected chi connectivity index (χ0v) is 12.0. The van der Waals surface area contributed by atoms with Crippen LogP contribution in [0.1, 0.15) is 0 Å². The number of fused-ring (bicyclic) bond motifs is 1. The van der Waals surface area contributed by atoms with Gasteiger partial charge in [0.1, 0.15) is 11.5 Å². The van der Waals surface area contributed by atoms with Gasteiger partial charge in [0.25, 0.3) is 5.56 Å². The maximum Gasteiger partial charge on any atom is 0.262 e. The molecule has 0 saturated carbocycles. The van der Waals surface area contributed by atoms with Crippen molar-refractivity contribution in [1.82, 2.24) is 4.57 Å². The molecule has 0 bridgehead atoms. The number of hydrogen-bond donors (Lipinski definition) is 1. The van der Waals surface area contributed by atoms with Gasteiger partial charge in [-0.05, 0) is 47.9 Å². The second-order valence-electron chi connectivity index (χ2n) is 4.58. The van der Waals surface area contributed by atoms with Crippen LogP contribution in [-0.2, 0) is 0 Å². The number of hydrogen-bond acceptors (Lipinski definition) is 3. The fourth-order valence-corrected chi connectivity index (χ4v) is 2.38. The van der Waals surface area contributed by atoms with Crippen LogP contribution in [0.4, 0.5) is 0 Å². The number of halogens is 1. The lowest BCUT2D eigenvalue weighted by Crippen LogP contribution is -2.17. The number of ether oxygens (including phenoxy) is 1. The van der Waals surface area contributed by atoms with Crippen molar-refractivity contribution in [2.75, 3.05) is 7.11 Å². The van der Waals surface area contributed by atoms with E-state index in [4.69, 9.17) is 16.3 Å². The molecule has 1 N–H and O–H groups in total. The molecule has 5 heteroatoms. The first-order chi connectivity index (χ1) is 10.1. The third-order valence-corrected chi connectivity index (χ3v) is 3.62. The SMILES string of the molecule is COc1ccc2c(=O)n(-c3ccc(O)c(Cl)c3)ccc2c1. The number of phenols is 1. The van der Waals surface area contributed by atoms with Crippen molar-refractivity contribution in [3.63, 3.8) is 0 Å². The van der Waals surface area contributed by atoms with E-state index in [2.05, 4.69) is 0 Å². The quantitative estimate of drug-likeness (QED) is 0.789. The minimum absolute atomic E-state index is 0.0148. The average molecular weight is 302 g/mol. The molecule has 3 aromatic rings. The summed E-state index contributed by atoms with van der Waals surface area (Å²) in [4.78, 5) is 12.5. The highest BCUT2D eigenvalue weighted by molar-refractivity contribution is 6.32. The molecule has 0 radical (unpaired) electrons. The smallest absolute Gasteiger partial charge is 0.262 e. The van der Waals surface area contributed by atoms with Crippen LogP contribution in [0.5, 0.6) is 11.5 Å². The maximum absolute atomic E-state index is 12.5. The molecule has 3 rings (SSSR count). The van der Waals surface area contributed by atoms with Gasteiger partial charge in [0.2, 0.25) is 0 Å². The van der Waals surface area contributed by atoms with E-state index in [1.54, 1.807) is 37.6 Å². The topological polar surface area (TPSA) is 51.5 Å². The molecule has 0 amide bonds. The number of pyridine rings is 1. The lowest BCUT2D eigenvalue weighted by Gasteiger charge is -2.09. The van der Waals surface area contributed by atoms with Crippen molar-refractivity contribution in [3.05, 3.63) is 64.0 Å². The van der Waals surface area contributed by atoms with E-state index in [1.807, 2.05) is 12.1 Å². The van der Waals surface area contributed by atoms with E-state index < -0.39 is 0 Å². The van der Waals surface area contributed by atoms with Gasteiger partial charge in [-0.15, -0.1) is 0 Å². The molecule has 0 spiro atoms. The highest BCUT2D eigenvalue weighted by Gasteiger charge is 2.07. The fourth-order valence-electron chi connectivity index (χ4n) is 2.20. The van der Waals surface area contributed by atoms with E-state index in [0.717, 1.165) is 5.39 Å². The molecule has 4 nitrogen and oxygen atoms in total. The monoisotopic (exact) mass is 301 g/mol. The van der Waals surface area contributed by atoms with E-state index in [9.17, 15) is 9.90 Å². The molecule has 1 heterocycles. The van der Waals surface area contributed by atoms with Crippen LogP contribution in [0.25, 0.3) is 16.5 Å². The van der Waals surface area contributed by atoms with Crippen LogP contribution < -0.4 is 10.3 Å². The molecule has 21 heavy (non-hydrogen) atoms. The van der Waals surface area contributed by atoms with Crippen LogP contribution in [0, 0.1) is 0 Å². The summed E-state index contributed by atoms with van der Waals surface area (Å²) in [5.74, 6) is 0.686. The minimum Gasteiger partial charge on any atom is -0.506 e. The Morgan fingerprint density at radius 1 is 1.14 bits per heavy atom. The van der Waals surface area contributed by atoms with Gasteiger partial charge in [-0.2, -0.15) is 0 Å². The summed E-state index contributed by atoms with van der Waals surface area (Å²) in [6.45, 7) is 0. The molecule has 0 aliphatic rings. The first kappa shape index (κ1) is 13.5. The second kappa shape index (κ2) is 5.14. The highest BCUT2D eigenvalue weighted by Crippen LogP contribution is 2.25. The van der Waals surface area contributed by atoms with E-state index in [1.165, 1.54) is 10.6 Å². The maximum atomic E-state index is 12.5. The number of nitrogens with zero attached hydrogens (tertiary/aromatic N) is 1. The van der Waals surface area contributed by atoms with E-state index >= 15 is 0 Å². The Hall–Kier alpha value is -2.46. The molecule has 0 atom stereocenters. The average Bonchev–Trinajstić information content (AvgIpc) is 2.50. The summed E-state index contributed by atoms with van der Waals surface area (Å²) in [6.07, 6.45) is 1.67. The molecular weight excluding hydrogens is 290 g/mol. The summed E-state index contributed by atoms with van der Waals surface area (Å²) < 4.78 is 6.64. The van der Waals surface area contributed by atoms with E-state index in [-0.39, 0.29) is 16.3 Å². The fraction of sp³-hybridized carbons (Fsp3) is 0.0625. The van der Waals surface area contributed by atoms with Gasteiger partial charge >= 0.3 is 0 Å². The number of rotatable bonds is 2. The summed E-state index contributed by atoms with van der Waals surface area (Å²) in [5, 5.41) is 11.1. The molecule has 1 aromatic heterocycles. The van der Waals surface area contributed by atoms with Crippen LogP contribution in [0.15, 0.2) is 53.5 Å². The first-order valence-corrected chi connectivity index (χ1v) is 6.66. The van der Waals surface area contributed by atoms with Crippen molar-refractivity contribution in [1.29, 1.82) is 0 Å². The van der Waals surface area contributed by atoms with Crippen molar-refractivity contribution < 1.29 is 9.84 Å². The van der Waals surface area contributed by atoms with Crippen molar-refractivity contribution in [2.24, 2.45) is 0 Å². The molecule has 106 valence electrons. The summed E-state index contributed by atoms with van der Waals surface area (Å²) in [7, 11) is 1.58. The third kappa shape index (κ3) is 2.34. The zero-order chi connectivity index (χ0) is 15.0. The molecule has 0 unspecified atom stereocenters. The van der Waals surface area contributed by atoms with Gasteiger partial charge in [-0.1, -0.05) is 11.6 Å². The highest BCUT2D eigenvalue weighted by atomic mass is 35.5. The Balaban J connectivity index is 2.22. The molecule has 0 fully saturated rings. The largest absolute Gasteiger partial charge is 0.506 e. The predicted molar refractivity (Wildman–Crippen MR) is 82.8 cm³/mol. The Bertz CT molecular complexity index is 886. The number of phenolic OH excluding ortho intramolecular Hbond substituents is 1. The Kier molecular flexibility index (Phi) is 3.31. The molecular formula is C16H12ClNO3. The number of aromatic nitrogens is 1. The predicted octanol–water partition coefficient (Wildman–Crippen LogP) is 3.36. The summed E-state index contributed by atoms with van der Waals surface area (Å²) in [6, 6.07) is 11.8. The Morgan fingerprint density at radius 2 is 1.95 bits per heavy atom. The molecule has 2 aromatic carbocycles. The number of aromatic hydroxyl groups is 1. The van der Waals surface area contributed by atoms with Gasteiger partial charge in [-0.3, -0.25) is 9.36 Å². The van der Waals surface area contributed by atoms with Crippen LogP contribution in [0.3, 0.4) is 0 Å². The van der Waals surface area contributed by atoms with Crippen LogP contribution in [-0.4, -0.2) is 16.8 Å². The molecule has 0 saturated heterocycles. The van der Waals surface area contributed by atoms with Gasteiger partial charge in [0.15, 0.2) is 0 Å². The van der Waals surface area contributed by atoms with Crippen molar-refractivity contribution >= 4 is 22.4 Å². The van der Waals surface area contributed by atoms with E-state index in [0.29, 0.717) is 16.8 Å². The van der Waals surface area contributed by atoms with Gasteiger partial charge in [-0.25, -0.2) is 0 Å². The van der Waals surface area contributed by atoms with Gasteiger partial charge in [0.05, 0.1) is 17.8 Å². The second-order valence-corrected chi connectivity index (χ2v) is 4.99. The Labute approximate surface area is 125 Å². The van der Waals surface area contributed by atoms with Crippen molar-refractivity contribution in [2.45, 2.75) is 0 Å². The lowest BCUT2D eigenvalue weighted by molar-refractivity contribution is 0.415. The first-order valence-electron chi connectivity index (χ1n) is 6.28. The summed E-state index contributed by atoms with van der Waals surface area (Å²) >= 11 is 5.89. The van der Waals surface area contributed by atoms with Crippen LogP contribution in [0.2, 0.25) is 5.02 Å². The Morgan fingerprint density at radius 3 is 2.67 bits per heavy atom. The summed E-state index contributed by atoms with van der Waals surface area (Å²) in [5.41, 5.74) is 0.442. The molecule has 0 aliphatic carbocycles. The third-order valence-electron chi connectivity index (χ3n) is 3.32. The minimum atomic E-state index is -0.156. The normalized spacial score (nSPS) is 10.8. The molecule has 0 aliphatic heterocycles. The van der Waals surface area contributed by atoms with Crippen molar-refractivity contribution in [3.8, 4) is 17.2 Å². The number of methoxy groups -OCH3 is 1.